The summed E-state index contributed by atoms with van der Waals surface area (Å²) in [7, 11) is -3.70. The second kappa shape index (κ2) is 5.96. The number of aryl methyl sites for hydroxylation is 1. The fourth-order valence-corrected chi connectivity index (χ4v) is 3.57. The molecule has 2 rings (SSSR count). The van der Waals surface area contributed by atoms with Crippen LogP contribution >= 0.6 is 11.3 Å². The van der Waals surface area contributed by atoms with Gasteiger partial charge in [-0.1, -0.05) is 6.07 Å². The number of aliphatic hydroxyl groups is 1. The fourth-order valence-electron chi connectivity index (χ4n) is 1.58. The van der Waals surface area contributed by atoms with Gasteiger partial charge in [-0.25, -0.2) is 23.1 Å². The molecule has 0 saturated carbocycles. The van der Waals surface area contributed by atoms with Crippen molar-refractivity contribution < 1.29 is 13.5 Å². The summed E-state index contributed by atoms with van der Waals surface area (Å²) < 4.78 is 26.9. The number of nitrogens with one attached hydrogen (secondary N) is 1. The van der Waals surface area contributed by atoms with Crippen LogP contribution in [0, 0.1) is 6.92 Å². The van der Waals surface area contributed by atoms with E-state index >= 15 is 0 Å². The van der Waals surface area contributed by atoms with Crippen molar-refractivity contribution in [2.45, 2.75) is 31.5 Å². The van der Waals surface area contributed by atoms with Gasteiger partial charge >= 0.3 is 0 Å². The van der Waals surface area contributed by atoms with Crippen LogP contribution in [0.2, 0.25) is 0 Å². The third-order valence-corrected chi connectivity index (χ3v) is 5.15. The quantitative estimate of drug-likeness (QED) is 0.870. The minimum absolute atomic E-state index is 0.0742. The highest BCUT2D eigenvalue weighted by Crippen LogP contribution is 2.20. The van der Waals surface area contributed by atoms with Gasteiger partial charge < -0.3 is 5.11 Å². The molecule has 2 N–H and O–H groups in total. The average Bonchev–Trinajstić information content (AvgIpc) is 2.85. The lowest BCUT2D eigenvalue weighted by molar-refractivity contribution is 0.281. The third-order valence-electron chi connectivity index (χ3n) is 2.60. The number of nitrogens with zero attached hydrogens (tertiary/aromatic N) is 2. The zero-order valence-corrected chi connectivity index (χ0v) is 12.7. The Morgan fingerprint density at radius 3 is 2.60 bits per heavy atom. The van der Waals surface area contributed by atoms with Crippen LogP contribution < -0.4 is 4.72 Å². The molecule has 0 aliphatic carbocycles. The Morgan fingerprint density at radius 1 is 1.35 bits per heavy atom. The molecule has 0 aromatic carbocycles. The summed E-state index contributed by atoms with van der Waals surface area (Å²) in [5.41, 5.74) is 0.563. The first kappa shape index (κ1) is 15.0. The molecular weight excluding hydrogens is 298 g/mol. The lowest BCUT2D eigenvalue weighted by atomic mass is 10.3. The summed E-state index contributed by atoms with van der Waals surface area (Å²) >= 11 is 1.45. The zero-order chi connectivity index (χ0) is 14.8. The SMILES string of the molecule is Cc1cnc(C(C)NS(=O)(=O)c2ccc(CO)cn2)s1. The largest absolute Gasteiger partial charge is 0.392 e. The van der Waals surface area contributed by atoms with Crippen LogP contribution in [0.3, 0.4) is 0 Å². The highest BCUT2D eigenvalue weighted by molar-refractivity contribution is 7.89. The van der Waals surface area contributed by atoms with Gasteiger partial charge in [-0.3, -0.25) is 0 Å². The second-order valence-corrected chi connectivity index (χ2v) is 7.24. The van der Waals surface area contributed by atoms with Crippen LogP contribution in [-0.4, -0.2) is 23.5 Å². The van der Waals surface area contributed by atoms with Crippen molar-refractivity contribution in [3.63, 3.8) is 0 Å². The summed E-state index contributed by atoms with van der Waals surface area (Å²) in [5.74, 6) is 0. The van der Waals surface area contributed by atoms with Gasteiger partial charge in [0.1, 0.15) is 5.01 Å². The molecule has 0 aliphatic rings. The molecule has 0 spiro atoms. The van der Waals surface area contributed by atoms with Gasteiger partial charge in [0.2, 0.25) is 0 Å². The molecule has 108 valence electrons. The van der Waals surface area contributed by atoms with Crippen molar-refractivity contribution in [3.8, 4) is 0 Å². The van der Waals surface area contributed by atoms with E-state index in [9.17, 15) is 8.42 Å². The zero-order valence-electron chi connectivity index (χ0n) is 11.1. The monoisotopic (exact) mass is 313 g/mol. The van der Waals surface area contributed by atoms with E-state index in [1.54, 1.807) is 13.1 Å². The Bertz CT molecular complexity index is 680. The minimum Gasteiger partial charge on any atom is -0.392 e. The molecule has 6 nitrogen and oxygen atoms in total. The Morgan fingerprint density at radius 2 is 2.10 bits per heavy atom. The standard InChI is InChI=1S/C12H15N3O3S2/c1-8-5-14-12(19-8)9(2)15-20(17,18)11-4-3-10(7-16)6-13-11/h3-6,9,15-16H,7H2,1-2H3. The van der Waals surface area contributed by atoms with E-state index in [1.807, 2.05) is 6.92 Å². The number of hydrogen-bond acceptors (Lipinski definition) is 6. The van der Waals surface area contributed by atoms with Gasteiger partial charge in [0, 0.05) is 17.3 Å². The lowest BCUT2D eigenvalue weighted by Gasteiger charge is -2.11. The number of pyridine rings is 1. The first-order valence-electron chi connectivity index (χ1n) is 5.93. The van der Waals surface area contributed by atoms with E-state index in [0.29, 0.717) is 10.6 Å². The molecule has 0 amide bonds. The van der Waals surface area contributed by atoms with Crippen LogP contribution in [-0.2, 0) is 16.6 Å². The number of hydrogen-bond donors (Lipinski definition) is 2. The second-order valence-electron chi connectivity index (χ2n) is 4.31. The summed E-state index contributed by atoms with van der Waals surface area (Å²) in [4.78, 5) is 9.03. The molecule has 0 aliphatic heterocycles. The van der Waals surface area contributed by atoms with Crippen molar-refractivity contribution >= 4 is 21.4 Å². The van der Waals surface area contributed by atoms with Gasteiger partial charge in [-0.15, -0.1) is 11.3 Å². The van der Waals surface area contributed by atoms with Crippen molar-refractivity contribution in [1.29, 1.82) is 0 Å². The first-order chi connectivity index (χ1) is 9.42. The maximum Gasteiger partial charge on any atom is 0.258 e. The summed E-state index contributed by atoms with van der Waals surface area (Å²) in [6.45, 7) is 3.48. The summed E-state index contributed by atoms with van der Waals surface area (Å²) in [5, 5.41) is 9.55. The molecule has 8 heteroatoms. The Labute approximate surface area is 121 Å². The normalized spacial score (nSPS) is 13.3. The number of aromatic nitrogens is 2. The van der Waals surface area contributed by atoms with E-state index in [0.717, 1.165) is 4.88 Å². The summed E-state index contributed by atoms with van der Waals surface area (Å²) in [6.07, 6.45) is 3.05. The van der Waals surface area contributed by atoms with Crippen LogP contribution in [0.15, 0.2) is 29.6 Å². The molecule has 2 aromatic rings. The van der Waals surface area contributed by atoms with E-state index in [2.05, 4.69) is 14.7 Å². The predicted octanol–water partition coefficient (Wildman–Crippen LogP) is 1.38. The van der Waals surface area contributed by atoms with Crippen LogP contribution in [0.4, 0.5) is 0 Å². The molecule has 0 radical (unpaired) electrons. The van der Waals surface area contributed by atoms with Crippen molar-refractivity contribution in [2.24, 2.45) is 0 Å². The Balaban J connectivity index is 2.17. The predicted molar refractivity (Wildman–Crippen MR) is 75.7 cm³/mol. The number of thiazole rings is 1. The molecule has 0 saturated heterocycles. The van der Waals surface area contributed by atoms with E-state index in [1.165, 1.54) is 29.7 Å². The van der Waals surface area contributed by atoms with Gasteiger partial charge in [0.15, 0.2) is 5.03 Å². The smallest absolute Gasteiger partial charge is 0.258 e. The first-order valence-corrected chi connectivity index (χ1v) is 8.23. The van der Waals surface area contributed by atoms with Crippen LogP contribution in [0.25, 0.3) is 0 Å². The van der Waals surface area contributed by atoms with Gasteiger partial charge in [0.05, 0.1) is 12.6 Å². The molecule has 0 fully saturated rings. The molecule has 1 atom stereocenters. The average molecular weight is 313 g/mol. The number of sulfonamides is 1. The molecule has 20 heavy (non-hydrogen) atoms. The van der Waals surface area contributed by atoms with Gasteiger partial charge in [-0.2, -0.15) is 0 Å². The molecule has 2 heterocycles. The maximum absolute atomic E-state index is 12.2. The highest BCUT2D eigenvalue weighted by atomic mass is 32.2. The molecule has 1 unspecified atom stereocenters. The highest BCUT2D eigenvalue weighted by Gasteiger charge is 2.21. The maximum atomic E-state index is 12.2. The number of aliphatic hydroxyl groups excluding tert-OH is 1. The van der Waals surface area contributed by atoms with E-state index in [-0.39, 0.29) is 11.6 Å². The fraction of sp³-hybridized carbons (Fsp3) is 0.333. The molecular formula is C12H15N3O3S2. The van der Waals surface area contributed by atoms with Crippen molar-refractivity contribution in [2.75, 3.05) is 0 Å². The van der Waals surface area contributed by atoms with Crippen molar-refractivity contribution in [3.05, 3.63) is 40.0 Å². The topological polar surface area (TPSA) is 92.2 Å². The van der Waals surface area contributed by atoms with E-state index in [4.69, 9.17) is 5.11 Å². The summed E-state index contributed by atoms with van der Waals surface area (Å²) in [6, 6.07) is 2.48. The minimum atomic E-state index is -3.70. The van der Waals surface area contributed by atoms with Crippen LogP contribution in [0.5, 0.6) is 0 Å². The van der Waals surface area contributed by atoms with Gasteiger partial charge in [0.25, 0.3) is 10.0 Å². The van der Waals surface area contributed by atoms with E-state index < -0.39 is 16.1 Å². The lowest BCUT2D eigenvalue weighted by Crippen LogP contribution is -2.27. The number of rotatable bonds is 5. The molecule has 2 aromatic heterocycles. The van der Waals surface area contributed by atoms with Crippen LogP contribution in [0.1, 0.15) is 28.4 Å². The van der Waals surface area contributed by atoms with Gasteiger partial charge in [-0.05, 0) is 25.5 Å². The molecule has 0 bridgehead atoms. The third kappa shape index (κ3) is 3.40. The van der Waals surface area contributed by atoms with Crippen molar-refractivity contribution in [1.82, 2.24) is 14.7 Å². The Hall–Kier alpha value is -1.35. The Kier molecular flexibility index (Phi) is 4.48.